The van der Waals surface area contributed by atoms with E-state index < -0.39 is 0 Å². The molecule has 1 atom stereocenters. The number of rotatable bonds is 6. The molecule has 0 saturated heterocycles. The Labute approximate surface area is 222 Å². The Kier molecular flexibility index (Phi) is 6.98. The van der Waals surface area contributed by atoms with E-state index in [2.05, 4.69) is 22.0 Å². The summed E-state index contributed by atoms with van der Waals surface area (Å²) < 4.78 is 13.5. The third-order valence-corrected chi connectivity index (χ3v) is 7.80. The number of anilines is 2. The van der Waals surface area contributed by atoms with Crippen LogP contribution in [0, 0.1) is 5.82 Å². The largest absolute Gasteiger partial charge is 0.347 e. The van der Waals surface area contributed by atoms with Crippen LogP contribution in [0.1, 0.15) is 28.5 Å². The van der Waals surface area contributed by atoms with E-state index in [-0.39, 0.29) is 11.9 Å². The molecule has 2 heterocycles. The lowest BCUT2D eigenvalue weighted by Gasteiger charge is -2.23. The Morgan fingerprint density at radius 1 is 1.00 bits per heavy atom. The topological polar surface area (TPSA) is 31.7 Å². The molecule has 1 aliphatic rings. The number of thiazole rings is 1. The lowest BCUT2D eigenvalue weighted by Crippen LogP contribution is -2.18. The van der Waals surface area contributed by atoms with E-state index in [0.717, 1.165) is 27.0 Å². The predicted octanol–water partition coefficient (Wildman–Crippen LogP) is 8.23. The number of aromatic nitrogens is 1. The second-order valence-electron chi connectivity index (χ2n) is 8.24. The molecule has 1 aliphatic heterocycles. The highest BCUT2D eigenvalue weighted by Crippen LogP contribution is 2.44. The smallest absolute Gasteiger partial charge is 0.187 e. The molecule has 0 spiro atoms. The first-order valence-electron chi connectivity index (χ1n) is 10.9. The van der Waals surface area contributed by atoms with Gasteiger partial charge >= 0.3 is 0 Å². The van der Waals surface area contributed by atoms with Gasteiger partial charge in [0.05, 0.1) is 22.3 Å². The van der Waals surface area contributed by atoms with Gasteiger partial charge in [-0.2, -0.15) is 5.10 Å². The van der Waals surface area contributed by atoms with Crippen LogP contribution in [0.4, 0.5) is 15.2 Å². The standard InChI is InChI=1S/C26H20Cl3FN4S/c1-33(15-16-5-3-2-4-6-16)26-31-25(29)24(35-26)23-14-22(17-7-9-20(30)10-8-17)32-34(23)21-12-18(27)11-19(28)13-21/h2-13,23H,14-15H2,1H3. The van der Waals surface area contributed by atoms with E-state index in [4.69, 9.17) is 39.9 Å². The third kappa shape index (κ3) is 5.31. The van der Waals surface area contributed by atoms with Crippen LogP contribution in [-0.4, -0.2) is 17.7 Å². The maximum Gasteiger partial charge on any atom is 0.187 e. The van der Waals surface area contributed by atoms with E-state index in [1.54, 1.807) is 18.2 Å². The number of benzene rings is 3. The molecule has 1 unspecified atom stereocenters. The summed E-state index contributed by atoms with van der Waals surface area (Å²) >= 11 is 20.8. The van der Waals surface area contributed by atoms with Gasteiger partial charge in [0, 0.05) is 30.1 Å². The van der Waals surface area contributed by atoms with Crippen molar-refractivity contribution in [2.75, 3.05) is 17.0 Å². The molecule has 1 aromatic heterocycles. The summed E-state index contributed by atoms with van der Waals surface area (Å²) in [5, 5.41) is 9.02. The Hall–Kier alpha value is -2.64. The van der Waals surface area contributed by atoms with Crippen molar-refractivity contribution in [1.82, 2.24) is 4.98 Å². The molecule has 0 N–H and O–H groups in total. The van der Waals surface area contributed by atoms with Gasteiger partial charge in [-0.05, 0) is 41.5 Å². The van der Waals surface area contributed by atoms with Crippen LogP contribution in [0.2, 0.25) is 15.2 Å². The van der Waals surface area contributed by atoms with Crippen LogP contribution in [0.15, 0.2) is 77.9 Å². The predicted molar refractivity (Wildman–Crippen MR) is 145 cm³/mol. The highest BCUT2D eigenvalue weighted by Gasteiger charge is 2.34. The van der Waals surface area contributed by atoms with Crippen molar-refractivity contribution in [3.63, 3.8) is 0 Å². The minimum absolute atomic E-state index is 0.214. The molecular weight excluding hydrogens is 526 g/mol. The molecule has 0 fully saturated rings. The zero-order valence-corrected chi connectivity index (χ0v) is 21.7. The fourth-order valence-corrected chi connectivity index (χ4v) is 5.93. The van der Waals surface area contributed by atoms with Crippen molar-refractivity contribution in [2.45, 2.75) is 19.0 Å². The van der Waals surface area contributed by atoms with Crippen molar-refractivity contribution in [3.8, 4) is 0 Å². The van der Waals surface area contributed by atoms with Crippen molar-refractivity contribution in [3.05, 3.63) is 110 Å². The summed E-state index contributed by atoms with van der Waals surface area (Å²) in [6, 6.07) is 21.6. The van der Waals surface area contributed by atoms with E-state index >= 15 is 0 Å². The minimum atomic E-state index is -0.293. The van der Waals surface area contributed by atoms with Crippen molar-refractivity contribution in [1.29, 1.82) is 0 Å². The quantitative estimate of drug-likeness (QED) is 0.244. The molecule has 9 heteroatoms. The van der Waals surface area contributed by atoms with E-state index in [1.807, 2.05) is 42.4 Å². The summed E-state index contributed by atoms with van der Waals surface area (Å²) in [4.78, 5) is 7.62. The van der Waals surface area contributed by atoms with Crippen LogP contribution < -0.4 is 9.91 Å². The van der Waals surface area contributed by atoms with Crippen LogP contribution >= 0.6 is 46.1 Å². The third-order valence-electron chi connectivity index (χ3n) is 5.69. The number of hydrogen-bond acceptors (Lipinski definition) is 5. The molecule has 0 aliphatic carbocycles. The SMILES string of the molecule is CN(Cc1ccccc1)c1nc(Cl)c(C2CC(c3ccc(F)cc3)=NN2c2cc(Cl)cc(Cl)c2)s1. The molecule has 0 amide bonds. The number of halogens is 4. The average molecular weight is 546 g/mol. The first kappa shape index (κ1) is 24.1. The molecular formula is C26H20Cl3FN4S. The molecule has 0 radical (unpaired) electrons. The Morgan fingerprint density at radius 3 is 2.37 bits per heavy atom. The normalized spacial score (nSPS) is 15.4. The summed E-state index contributed by atoms with van der Waals surface area (Å²) in [6.45, 7) is 0.708. The van der Waals surface area contributed by atoms with Crippen LogP contribution in [0.5, 0.6) is 0 Å². The lowest BCUT2D eigenvalue weighted by atomic mass is 10.0. The summed E-state index contributed by atoms with van der Waals surface area (Å²) in [5.41, 5.74) is 3.58. The first-order chi connectivity index (χ1) is 16.9. The second kappa shape index (κ2) is 10.2. The molecule has 35 heavy (non-hydrogen) atoms. The molecule has 0 bridgehead atoms. The van der Waals surface area contributed by atoms with Crippen LogP contribution in [0.25, 0.3) is 0 Å². The second-order valence-corrected chi connectivity index (χ2v) is 10.5. The number of nitrogens with zero attached hydrogens (tertiary/aromatic N) is 4. The molecule has 4 aromatic rings. The van der Waals surface area contributed by atoms with Gasteiger partial charge in [-0.3, -0.25) is 5.01 Å². The average Bonchev–Trinajstić information content (AvgIpc) is 3.43. The van der Waals surface area contributed by atoms with Gasteiger partial charge in [0.15, 0.2) is 5.13 Å². The maximum atomic E-state index is 13.5. The van der Waals surface area contributed by atoms with Gasteiger partial charge in [0.25, 0.3) is 0 Å². The summed E-state index contributed by atoms with van der Waals surface area (Å²) in [5.74, 6) is -0.293. The molecule has 0 saturated carbocycles. The molecule has 4 nitrogen and oxygen atoms in total. The van der Waals surface area contributed by atoms with Crippen molar-refractivity contribution >= 4 is 62.7 Å². The van der Waals surface area contributed by atoms with Crippen molar-refractivity contribution in [2.24, 2.45) is 5.10 Å². The van der Waals surface area contributed by atoms with Crippen LogP contribution in [-0.2, 0) is 6.54 Å². The molecule has 5 rings (SSSR count). The zero-order chi connectivity index (χ0) is 24.5. The van der Waals surface area contributed by atoms with E-state index in [0.29, 0.717) is 28.2 Å². The fourth-order valence-electron chi connectivity index (χ4n) is 4.04. The van der Waals surface area contributed by atoms with Gasteiger partial charge in [-0.1, -0.05) is 88.6 Å². The van der Waals surface area contributed by atoms with Gasteiger partial charge < -0.3 is 4.90 Å². The van der Waals surface area contributed by atoms with Gasteiger partial charge in [-0.25, -0.2) is 9.37 Å². The minimum Gasteiger partial charge on any atom is -0.347 e. The zero-order valence-electron chi connectivity index (χ0n) is 18.6. The Morgan fingerprint density at radius 2 is 1.69 bits per heavy atom. The maximum absolute atomic E-state index is 13.5. The highest BCUT2D eigenvalue weighted by atomic mass is 35.5. The van der Waals surface area contributed by atoms with Gasteiger partial charge in [0.1, 0.15) is 11.0 Å². The summed E-state index contributed by atoms with van der Waals surface area (Å²) in [6.07, 6.45) is 0.569. The van der Waals surface area contributed by atoms with Crippen LogP contribution in [0.3, 0.4) is 0 Å². The first-order valence-corrected chi connectivity index (χ1v) is 12.8. The van der Waals surface area contributed by atoms with E-state index in [1.165, 1.54) is 29.0 Å². The monoisotopic (exact) mass is 544 g/mol. The van der Waals surface area contributed by atoms with Gasteiger partial charge in [-0.15, -0.1) is 0 Å². The fraction of sp³-hybridized carbons (Fsp3) is 0.154. The van der Waals surface area contributed by atoms with E-state index in [9.17, 15) is 4.39 Å². The highest BCUT2D eigenvalue weighted by molar-refractivity contribution is 7.16. The summed E-state index contributed by atoms with van der Waals surface area (Å²) in [7, 11) is 2.00. The number of hydrazone groups is 1. The molecule has 178 valence electrons. The molecule has 3 aromatic carbocycles. The van der Waals surface area contributed by atoms with Gasteiger partial charge in [0.2, 0.25) is 0 Å². The Balaban J connectivity index is 1.50. The lowest BCUT2D eigenvalue weighted by molar-refractivity contribution is 0.627. The number of hydrogen-bond donors (Lipinski definition) is 0. The Bertz CT molecular complexity index is 1360. The van der Waals surface area contributed by atoms with Crippen molar-refractivity contribution < 1.29 is 4.39 Å².